The fraction of sp³-hybridized carbons (Fsp3) is 0.333. The number of ether oxygens (including phenoxy) is 1. The van der Waals surface area contributed by atoms with Crippen LogP contribution in [0.1, 0.15) is 12.8 Å². The Balaban J connectivity index is 2.27. The molecule has 0 heterocycles. The Labute approximate surface area is 43.3 Å². The summed E-state index contributed by atoms with van der Waals surface area (Å²) in [6.07, 6.45) is 5.78. The Bertz CT molecular complexity index is 103. The first-order chi connectivity index (χ1) is 3.43. The molecule has 38 valence electrons. The first-order valence-corrected chi connectivity index (χ1v) is 2.40. The largest absolute Gasteiger partial charge is 0.470 e. The van der Waals surface area contributed by atoms with Gasteiger partial charge in [0, 0.05) is 6.42 Å². The van der Waals surface area contributed by atoms with Crippen LogP contribution < -0.4 is 0 Å². The molecule has 0 bridgehead atoms. The molecule has 1 nitrogen and oxygen atoms in total. The molecule has 0 spiro atoms. The van der Waals surface area contributed by atoms with Crippen molar-refractivity contribution in [3.8, 4) is 0 Å². The Morgan fingerprint density at radius 1 is 1.86 bits per heavy atom. The second kappa shape index (κ2) is 1.82. The number of rotatable bonds is 2. The minimum atomic E-state index is 1.06. The summed E-state index contributed by atoms with van der Waals surface area (Å²) < 4.78 is 4.90. The first-order valence-electron chi connectivity index (χ1n) is 2.40. The van der Waals surface area contributed by atoms with Crippen molar-refractivity contribution in [3.05, 3.63) is 24.7 Å². The predicted molar refractivity (Wildman–Crippen MR) is 28.6 cm³/mol. The van der Waals surface area contributed by atoms with Crippen molar-refractivity contribution in [1.82, 2.24) is 0 Å². The van der Waals surface area contributed by atoms with Crippen LogP contribution in [0, 0.1) is 0 Å². The Morgan fingerprint density at radius 3 is 2.71 bits per heavy atom. The van der Waals surface area contributed by atoms with Gasteiger partial charge in [-0.25, -0.2) is 0 Å². The van der Waals surface area contributed by atoms with Crippen LogP contribution in [0.2, 0.25) is 0 Å². The van der Waals surface area contributed by atoms with Gasteiger partial charge in [0.05, 0.1) is 12.0 Å². The van der Waals surface area contributed by atoms with Crippen LogP contribution in [-0.2, 0) is 4.74 Å². The summed E-state index contributed by atoms with van der Waals surface area (Å²) in [5.74, 6) is 1.06. The predicted octanol–water partition coefficient (Wildman–Crippen LogP) is 1.82. The highest BCUT2D eigenvalue weighted by atomic mass is 16.5. The molecule has 0 saturated heterocycles. The van der Waals surface area contributed by atoms with E-state index in [-0.39, 0.29) is 0 Å². The molecule has 0 saturated carbocycles. The molecule has 0 aromatic carbocycles. The zero-order chi connectivity index (χ0) is 5.11. The van der Waals surface area contributed by atoms with Crippen molar-refractivity contribution >= 4 is 0 Å². The van der Waals surface area contributed by atoms with E-state index in [1.807, 2.05) is 0 Å². The maximum atomic E-state index is 4.90. The molecule has 1 rings (SSSR count). The molecule has 0 aromatic rings. The molecule has 0 N–H and O–H groups in total. The van der Waals surface area contributed by atoms with Gasteiger partial charge in [0.1, 0.15) is 0 Å². The highest BCUT2D eigenvalue weighted by Crippen LogP contribution is 2.18. The SMILES string of the molecule is C=COC1=CCC1. The van der Waals surface area contributed by atoms with Gasteiger partial charge >= 0.3 is 0 Å². The molecule has 0 amide bonds. The van der Waals surface area contributed by atoms with Crippen molar-refractivity contribution in [2.24, 2.45) is 0 Å². The summed E-state index contributed by atoms with van der Waals surface area (Å²) in [7, 11) is 0. The van der Waals surface area contributed by atoms with Crippen LogP contribution in [0.25, 0.3) is 0 Å². The lowest BCUT2D eigenvalue weighted by atomic mass is 10.1. The van der Waals surface area contributed by atoms with Gasteiger partial charge in [-0.15, -0.1) is 0 Å². The lowest BCUT2D eigenvalue weighted by Gasteiger charge is -2.10. The normalized spacial score (nSPS) is 16.9. The van der Waals surface area contributed by atoms with Gasteiger partial charge in [-0.1, -0.05) is 6.58 Å². The van der Waals surface area contributed by atoms with E-state index in [4.69, 9.17) is 4.74 Å². The summed E-state index contributed by atoms with van der Waals surface area (Å²) >= 11 is 0. The van der Waals surface area contributed by atoms with Crippen molar-refractivity contribution in [2.75, 3.05) is 0 Å². The second-order valence-corrected chi connectivity index (χ2v) is 1.49. The number of hydrogen-bond acceptors (Lipinski definition) is 1. The number of hydrogen-bond donors (Lipinski definition) is 0. The molecular weight excluding hydrogens is 88.1 g/mol. The van der Waals surface area contributed by atoms with E-state index >= 15 is 0 Å². The van der Waals surface area contributed by atoms with Crippen molar-refractivity contribution in [1.29, 1.82) is 0 Å². The van der Waals surface area contributed by atoms with E-state index in [9.17, 15) is 0 Å². The molecule has 7 heavy (non-hydrogen) atoms. The van der Waals surface area contributed by atoms with Gasteiger partial charge in [-0.2, -0.15) is 0 Å². The maximum Gasteiger partial charge on any atom is 0.0995 e. The average Bonchev–Trinajstić information content (AvgIpc) is 1.55. The summed E-state index contributed by atoms with van der Waals surface area (Å²) in [4.78, 5) is 0. The highest BCUT2D eigenvalue weighted by molar-refractivity contribution is 5.05. The lowest BCUT2D eigenvalue weighted by molar-refractivity contribution is 0.315. The van der Waals surface area contributed by atoms with E-state index in [1.165, 1.54) is 12.7 Å². The smallest absolute Gasteiger partial charge is 0.0995 e. The minimum absolute atomic E-state index is 1.06. The molecule has 1 heteroatoms. The monoisotopic (exact) mass is 96.1 g/mol. The highest BCUT2D eigenvalue weighted by Gasteiger charge is 2.02. The molecular formula is C6H8O. The third-order valence-corrected chi connectivity index (χ3v) is 0.997. The zero-order valence-electron chi connectivity index (χ0n) is 4.18. The molecule has 0 aliphatic heterocycles. The Kier molecular flexibility index (Phi) is 1.16. The fourth-order valence-electron chi connectivity index (χ4n) is 0.476. The minimum Gasteiger partial charge on any atom is -0.470 e. The van der Waals surface area contributed by atoms with Gasteiger partial charge < -0.3 is 4.74 Å². The van der Waals surface area contributed by atoms with Gasteiger partial charge in [0.2, 0.25) is 0 Å². The third kappa shape index (κ3) is 0.829. The van der Waals surface area contributed by atoms with Crippen LogP contribution in [0.15, 0.2) is 24.7 Å². The molecule has 0 fully saturated rings. The molecule has 1 aliphatic carbocycles. The Morgan fingerprint density at radius 2 is 2.57 bits per heavy atom. The van der Waals surface area contributed by atoms with E-state index < -0.39 is 0 Å². The molecule has 0 radical (unpaired) electrons. The van der Waals surface area contributed by atoms with E-state index in [0.29, 0.717) is 0 Å². The molecule has 1 aliphatic rings. The van der Waals surface area contributed by atoms with E-state index in [0.717, 1.165) is 12.2 Å². The van der Waals surface area contributed by atoms with E-state index in [1.54, 1.807) is 0 Å². The first kappa shape index (κ1) is 4.44. The molecule has 0 aromatic heterocycles. The van der Waals surface area contributed by atoms with Crippen LogP contribution in [0.3, 0.4) is 0 Å². The second-order valence-electron chi connectivity index (χ2n) is 1.49. The van der Waals surface area contributed by atoms with Crippen molar-refractivity contribution < 1.29 is 4.74 Å². The average molecular weight is 96.1 g/mol. The standard InChI is InChI=1S/C6H8O/c1-2-7-6-4-3-5-6/h2,4H,1,3,5H2. The summed E-state index contributed by atoms with van der Waals surface area (Å²) in [6, 6.07) is 0. The van der Waals surface area contributed by atoms with E-state index in [2.05, 4.69) is 12.7 Å². The van der Waals surface area contributed by atoms with Crippen molar-refractivity contribution in [3.63, 3.8) is 0 Å². The zero-order valence-corrected chi connectivity index (χ0v) is 4.18. The van der Waals surface area contributed by atoms with Gasteiger partial charge in [-0.05, 0) is 12.5 Å². The van der Waals surface area contributed by atoms with Crippen LogP contribution in [-0.4, -0.2) is 0 Å². The van der Waals surface area contributed by atoms with Crippen LogP contribution in [0.4, 0.5) is 0 Å². The lowest BCUT2D eigenvalue weighted by Crippen LogP contribution is -1.93. The summed E-state index contributed by atoms with van der Waals surface area (Å²) in [5, 5.41) is 0. The summed E-state index contributed by atoms with van der Waals surface area (Å²) in [5.41, 5.74) is 0. The molecule has 0 atom stereocenters. The van der Waals surface area contributed by atoms with Gasteiger partial charge in [0.25, 0.3) is 0 Å². The summed E-state index contributed by atoms with van der Waals surface area (Å²) in [6.45, 7) is 3.42. The topological polar surface area (TPSA) is 9.23 Å². The molecule has 0 unspecified atom stereocenters. The van der Waals surface area contributed by atoms with Gasteiger partial charge in [-0.3, -0.25) is 0 Å². The van der Waals surface area contributed by atoms with Crippen LogP contribution in [0.5, 0.6) is 0 Å². The van der Waals surface area contributed by atoms with Gasteiger partial charge in [0.15, 0.2) is 0 Å². The van der Waals surface area contributed by atoms with Crippen molar-refractivity contribution in [2.45, 2.75) is 12.8 Å². The third-order valence-electron chi connectivity index (χ3n) is 0.997. The fourth-order valence-corrected chi connectivity index (χ4v) is 0.476. The number of allylic oxidation sites excluding steroid dienone is 2. The Hall–Kier alpha value is -0.720. The maximum absolute atomic E-state index is 4.90. The van der Waals surface area contributed by atoms with Crippen LogP contribution >= 0.6 is 0 Å². The quantitative estimate of drug-likeness (QED) is 0.476.